The monoisotopic (exact) mass is 287 g/mol. The third-order valence-corrected chi connectivity index (χ3v) is 3.70. The molecule has 3 rings (SSSR count). The second-order valence-electron chi connectivity index (χ2n) is 5.60. The van der Waals surface area contributed by atoms with E-state index in [2.05, 4.69) is 15.3 Å². The van der Waals surface area contributed by atoms with E-state index in [1.54, 1.807) is 6.33 Å². The number of aromatic amines is 1. The van der Waals surface area contributed by atoms with E-state index in [0.717, 1.165) is 35.5 Å². The zero-order valence-electron chi connectivity index (χ0n) is 12.4. The van der Waals surface area contributed by atoms with Gasteiger partial charge >= 0.3 is 0 Å². The van der Waals surface area contributed by atoms with Gasteiger partial charge in [-0.25, -0.2) is 4.98 Å². The fourth-order valence-electron chi connectivity index (χ4n) is 2.77. The Morgan fingerprint density at radius 1 is 1.43 bits per heavy atom. The molecule has 0 saturated heterocycles. The number of imidazole rings is 1. The normalized spacial score (nSPS) is 17.8. The van der Waals surface area contributed by atoms with Crippen LogP contribution in [0.25, 0.3) is 0 Å². The van der Waals surface area contributed by atoms with Crippen LogP contribution in [0.3, 0.4) is 0 Å². The number of ether oxygens (including phenoxy) is 1. The van der Waals surface area contributed by atoms with Gasteiger partial charge in [0.15, 0.2) is 0 Å². The topological polar surface area (TPSA) is 70.2 Å². The average Bonchev–Trinajstić information content (AvgIpc) is 2.95. The Kier molecular flexibility index (Phi) is 3.94. The van der Waals surface area contributed by atoms with Crippen molar-refractivity contribution in [3.63, 3.8) is 0 Å². The van der Waals surface area contributed by atoms with Crippen LogP contribution in [0.1, 0.15) is 42.4 Å². The minimum absolute atomic E-state index is 0.0317. The van der Waals surface area contributed by atoms with Crippen LogP contribution in [-0.2, 0) is 13.0 Å². The number of H-pyrrole nitrogens is 1. The first-order valence-corrected chi connectivity index (χ1v) is 7.35. The van der Waals surface area contributed by atoms with Gasteiger partial charge in [0.2, 0.25) is 0 Å². The molecule has 3 N–H and O–H groups in total. The van der Waals surface area contributed by atoms with Crippen molar-refractivity contribution < 1.29 is 9.84 Å². The lowest BCUT2D eigenvalue weighted by atomic mass is 9.96. The third kappa shape index (κ3) is 2.80. The number of nitrogens with zero attached hydrogens (tertiary/aromatic N) is 1. The van der Waals surface area contributed by atoms with Crippen molar-refractivity contribution >= 4 is 0 Å². The van der Waals surface area contributed by atoms with E-state index in [4.69, 9.17) is 4.74 Å². The molecule has 5 nitrogen and oxygen atoms in total. The van der Waals surface area contributed by atoms with Gasteiger partial charge in [-0.3, -0.25) is 0 Å². The Bertz CT molecular complexity index is 622. The molecule has 0 fully saturated rings. The summed E-state index contributed by atoms with van der Waals surface area (Å²) < 4.78 is 5.73. The van der Waals surface area contributed by atoms with E-state index < -0.39 is 0 Å². The molecule has 1 aromatic heterocycles. The minimum Gasteiger partial charge on any atom is -0.491 e. The van der Waals surface area contributed by atoms with Crippen LogP contribution in [0.4, 0.5) is 0 Å². The lowest BCUT2D eigenvalue weighted by Gasteiger charge is -2.24. The number of hydrogen-bond acceptors (Lipinski definition) is 4. The number of aliphatic hydroxyl groups excluding tert-OH is 1. The molecule has 1 aliphatic heterocycles. The van der Waals surface area contributed by atoms with E-state index in [0.29, 0.717) is 0 Å². The number of aliphatic hydroxyl groups is 1. The molecule has 0 saturated carbocycles. The van der Waals surface area contributed by atoms with Gasteiger partial charge in [0.05, 0.1) is 30.8 Å². The van der Waals surface area contributed by atoms with Gasteiger partial charge in [0, 0.05) is 24.2 Å². The van der Waals surface area contributed by atoms with E-state index >= 15 is 0 Å². The summed E-state index contributed by atoms with van der Waals surface area (Å²) in [5.74, 6) is 0.745. The summed E-state index contributed by atoms with van der Waals surface area (Å²) in [5.41, 5.74) is 4.14. The summed E-state index contributed by atoms with van der Waals surface area (Å²) in [6.07, 6.45) is 2.80. The highest BCUT2D eigenvalue weighted by Crippen LogP contribution is 2.30. The zero-order valence-corrected chi connectivity index (χ0v) is 12.4. The van der Waals surface area contributed by atoms with Crippen LogP contribution in [0.2, 0.25) is 0 Å². The molecular weight excluding hydrogens is 266 g/mol. The minimum atomic E-state index is -0.0317. The molecule has 1 aliphatic rings. The maximum atomic E-state index is 9.59. The summed E-state index contributed by atoms with van der Waals surface area (Å²) >= 11 is 0. The SMILES string of the molecule is CC(C)Oc1ccc([C@@H]2NCCc3[nH]cnc32)cc1CO. The Morgan fingerprint density at radius 2 is 2.29 bits per heavy atom. The van der Waals surface area contributed by atoms with Crippen LogP contribution >= 0.6 is 0 Å². The molecule has 1 atom stereocenters. The smallest absolute Gasteiger partial charge is 0.125 e. The zero-order chi connectivity index (χ0) is 14.8. The highest BCUT2D eigenvalue weighted by molar-refractivity contribution is 5.41. The van der Waals surface area contributed by atoms with E-state index in [1.165, 1.54) is 5.69 Å². The summed E-state index contributed by atoms with van der Waals surface area (Å²) in [4.78, 5) is 7.63. The van der Waals surface area contributed by atoms with Crippen molar-refractivity contribution in [3.05, 3.63) is 47.0 Å². The molecule has 21 heavy (non-hydrogen) atoms. The quantitative estimate of drug-likeness (QED) is 0.803. The second-order valence-corrected chi connectivity index (χ2v) is 5.60. The second kappa shape index (κ2) is 5.87. The van der Waals surface area contributed by atoms with E-state index in [1.807, 2.05) is 32.0 Å². The number of benzene rings is 1. The van der Waals surface area contributed by atoms with Gasteiger partial charge in [-0.15, -0.1) is 0 Å². The number of rotatable bonds is 4. The highest BCUT2D eigenvalue weighted by atomic mass is 16.5. The summed E-state index contributed by atoms with van der Waals surface area (Å²) in [6, 6.07) is 6.04. The van der Waals surface area contributed by atoms with Crippen LogP contribution in [0.15, 0.2) is 24.5 Å². The predicted octanol–water partition coefficient (Wildman–Crippen LogP) is 1.92. The van der Waals surface area contributed by atoms with E-state index in [-0.39, 0.29) is 18.8 Å². The molecule has 0 bridgehead atoms. The van der Waals surface area contributed by atoms with Crippen molar-refractivity contribution in [1.29, 1.82) is 0 Å². The van der Waals surface area contributed by atoms with Gasteiger partial charge in [0.25, 0.3) is 0 Å². The molecule has 5 heteroatoms. The first-order valence-electron chi connectivity index (χ1n) is 7.35. The lowest BCUT2D eigenvalue weighted by molar-refractivity contribution is 0.225. The van der Waals surface area contributed by atoms with Gasteiger partial charge in [0.1, 0.15) is 5.75 Å². The molecule has 0 aliphatic carbocycles. The predicted molar refractivity (Wildman–Crippen MR) is 80.3 cm³/mol. The van der Waals surface area contributed by atoms with Crippen molar-refractivity contribution in [2.24, 2.45) is 0 Å². The molecule has 2 aromatic rings. The van der Waals surface area contributed by atoms with Gasteiger partial charge < -0.3 is 20.1 Å². The standard InChI is InChI=1S/C16H21N3O2/c1-10(2)21-14-4-3-11(7-12(14)8-20)15-16-13(5-6-17-15)18-9-19-16/h3-4,7,9-10,15,17,20H,5-6,8H2,1-2H3,(H,18,19)/t15-/m0/s1. The lowest BCUT2D eigenvalue weighted by Crippen LogP contribution is -2.30. The Balaban J connectivity index is 1.94. The largest absolute Gasteiger partial charge is 0.491 e. The number of aromatic nitrogens is 2. The van der Waals surface area contributed by atoms with Crippen molar-refractivity contribution in [3.8, 4) is 5.75 Å². The maximum Gasteiger partial charge on any atom is 0.125 e. The Labute approximate surface area is 124 Å². The molecule has 2 heterocycles. The summed E-state index contributed by atoms with van der Waals surface area (Å²) in [6.45, 7) is 4.84. The molecule has 112 valence electrons. The molecule has 0 radical (unpaired) electrons. The van der Waals surface area contributed by atoms with Crippen molar-refractivity contribution in [2.75, 3.05) is 6.54 Å². The fourth-order valence-corrected chi connectivity index (χ4v) is 2.77. The molecule has 1 aromatic carbocycles. The van der Waals surface area contributed by atoms with Crippen molar-refractivity contribution in [2.45, 2.75) is 39.0 Å². The van der Waals surface area contributed by atoms with Crippen LogP contribution in [0.5, 0.6) is 5.75 Å². The van der Waals surface area contributed by atoms with E-state index in [9.17, 15) is 5.11 Å². The van der Waals surface area contributed by atoms with Gasteiger partial charge in [-0.2, -0.15) is 0 Å². The maximum absolute atomic E-state index is 9.59. The number of nitrogens with one attached hydrogen (secondary N) is 2. The average molecular weight is 287 g/mol. The number of fused-ring (bicyclic) bond motifs is 1. The molecule has 0 spiro atoms. The van der Waals surface area contributed by atoms with Gasteiger partial charge in [-0.1, -0.05) is 6.07 Å². The molecular formula is C16H21N3O2. The van der Waals surface area contributed by atoms with Crippen LogP contribution < -0.4 is 10.1 Å². The first kappa shape index (κ1) is 14.1. The number of hydrogen-bond donors (Lipinski definition) is 3. The molecule has 0 amide bonds. The van der Waals surface area contributed by atoms with Crippen molar-refractivity contribution in [1.82, 2.24) is 15.3 Å². The summed E-state index contributed by atoms with van der Waals surface area (Å²) in [7, 11) is 0. The van der Waals surface area contributed by atoms with Crippen LogP contribution in [-0.4, -0.2) is 27.7 Å². The third-order valence-electron chi connectivity index (χ3n) is 3.70. The highest BCUT2D eigenvalue weighted by Gasteiger charge is 2.24. The summed E-state index contributed by atoms with van der Waals surface area (Å²) in [5, 5.41) is 13.1. The Morgan fingerprint density at radius 3 is 3.05 bits per heavy atom. The molecule has 0 unspecified atom stereocenters. The van der Waals surface area contributed by atoms with Gasteiger partial charge in [-0.05, 0) is 31.5 Å². The Hall–Kier alpha value is -1.85. The fraction of sp³-hybridized carbons (Fsp3) is 0.438. The van der Waals surface area contributed by atoms with Crippen LogP contribution in [0, 0.1) is 0 Å². The first-order chi connectivity index (χ1) is 10.2.